The van der Waals surface area contributed by atoms with Crippen LogP contribution in [0.15, 0.2) is 23.0 Å². The maximum Gasteiger partial charge on any atom is 0.255 e. The normalized spacial score (nSPS) is 15.9. The highest BCUT2D eigenvalue weighted by Gasteiger charge is 2.19. The molecule has 0 bridgehead atoms. The minimum Gasteiger partial charge on any atom is -0.487 e. The Kier molecular flexibility index (Phi) is 5.20. The zero-order valence-corrected chi connectivity index (χ0v) is 13.8. The quantitative estimate of drug-likeness (QED) is 0.909. The molecule has 5 nitrogen and oxygen atoms in total. The number of ether oxygens (including phenoxy) is 3. The molecule has 2 aromatic rings. The summed E-state index contributed by atoms with van der Waals surface area (Å²) in [6.45, 7) is 3.61. The Bertz CT molecular complexity index is 737. The number of pyridine rings is 1. The topological polar surface area (TPSA) is 60.6 Å². The molecule has 0 radical (unpaired) electrons. The third-order valence-corrected chi connectivity index (χ3v) is 4.02. The Morgan fingerprint density at radius 1 is 1.35 bits per heavy atom. The number of hydrogen-bond donors (Lipinski definition) is 1. The standard InChI is InChI=1S/C17H20ClNO4/c1-2-4-12-16(23-10-15-21-7-3-8-22-15)13-9-11(18)5-6-14(13)19-17(12)20/h5-6,9,15H,2-4,7-8,10H2,1H3,(H,19,20). The Morgan fingerprint density at radius 3 is 2.87 bits per heavy atom. The van der Waals surface area contributed by atoms with Gasteiger partial charge >= 0.3 is 0 Å². The van der Waals surface area contributed by atoms with E-state index in [0.29, 0.717) is 41.5 Å². The van der Waals surface area contributed by atoms with E-state index < -0.39 is 6.29 Å². The van der Waals surface area contributed by atoms with Gasteiger partial charge in [-0.05, 0) is 31.0 Å². The van der Waals surface area contributed by atoms with Crippen molar-refractivity contribution in [1.82, 2.24) is 4.98 Å². The molecule has 23 heavy (non-hydrogen) atoms. The summed E-state index contributed by atoms with van der Waals surface area (Å²) in [5.74, 6) is 0.575. The van der Waals surface area contributed by atoms with Crippen LogP contribution in [0.3, 0.4) is 0 Å². The maximum absolute atomic E-state index is 12.3. The Morgan fingerprint density at radius 2 is 2.13 bits per heavy atom. The van der Waals surface area contributed by atoms with E-state index in [2.05, 4.69) is 4.98 Å². The van der Waals surface area contributed by atoms with Crippen LogP contribution >= 0.6 is 11.6 Å². The summed E-state index contributed by atoms with van der Waals surface area (Å²) in [7, 11) is 0. The van der Waals surface area contributed by atoms with Gasteiger partial charge in [-0.3, -0.25) is 4.79 Å². The average Bonchev–Trinajstić information content (AvgIpc) is 2.56. The first kappa shape index (κ1) is 16.3. The van der Waals surface area contributed by atoms with Crippen LogP contribution in [-0.2, 0) is 15.9 Å². The second-order valence-corrected chi connectivity index (χ2v) is 5.97. The van der Waals surface area contributed by atoms with Gasteiger partial charge in [0, 0.05) is 10.4 Å². The summed E-state index contributed by atoms with van der Waals surface area (Å²) in [5.41, 5.74) is 1.22. The van der Waals surface area contributed by atoms with Crippen LogP contribution in [0.5, 0.6) is 5.75 Å². The largest absolute Gasteiger partial charge is 0.487 e. The molecule has 1 fully saturated rings. The number of benzene rings is 1. The van der Waals surface area contributed by atoms with Crippen molar-refractivity contribution in [1.29, 1.82) is 0 Å². The maximum atomic E-state index is 12.3. The van der Waals surface area contributed by atoms with E-state index in [1.54, 1.807) is 12.1 Å². The number of fused-ring (bicyclic) bond motifs is 1. The van der Waals surface area contributed by atoms with E-state index in [9.17, 15) is 4.79 Å². The van der Waals surface area contributed by atoms with Crippen LogP contribution in [0, 0.1) is 0 Å². The summed E-state index contributed by atoms with van der Waals surface area (Å²) in [5, 5.41) is 1.40. The fourth-order valence-corrected chi connectivity index (χ4v) is 2.87. The molecule has 3 rings (SSSR count). The van der Waals surface area contributed by atoms with Crippen LogP contribution in [0.1, 0.15) is 25.3 Å². The number of aromatic amines is 1. The first-order chi connectivity index (χ1) is 11.2. The number of aromatic nitrogens is 1. The van der Waals surface area contributed by atoms with Crippen molar-refractivity contribution in [2.75, 3.05) is 19.8 Å². The van der Waals surface area contributed by atoms with Crippen LogP contribution in [-0.4, -0.2) is 31.1 Å². The molecule has 1 aromatic heterocycles. The molecular weight excluding hydrogens is 318 g/mol. The van der Waals surface area contributed by atoms with Crippen molar-refractivity contribution in [2.24, 2.45) is 0 Å². The van der Waals surface area contributed by atoms with Crippen LogP contribution in [0.4, 0.5) is 0 Å². The number of H-pyrrole nitrogens is 1. The van der Waals surface area contributed by atoms with Gasteiger partial charge < -0.3 is 19.2 Å². The Balaban J connectivity index is 1.98. The number of rotatable bonds is 5. The first-order valence-corrected chi connectivity index (χ1v) is 8.27. The summed E-state index contributed by atoms with van der Waals surface area (Å²) in [6, 6.07) is 5.34. The van der Waals surface area contributed by atoms with Gasteiger partial charge in [0.2, 0.25) is 0 Å². The van der Waals surface area contributed by atoms with Gasteiger partial charge in [0.1, 0.15) is 12.4 Å². The lowest BCUT2D eigenvalue weighted by atomic mass is 10.1. The predicted octanol–water partition coefficient (Wildman–Crippen LogP) is 3.28. The highest BCUT2D eigenvalue weighted by atomic mass is 35.5. The number of halogens is 1. The van der Waals surface area contributed by atoms with Gasteiger partial charge in [0.25, 0.3) is 5.56 Å². The second kappa shape index (κ2) is 7.34. The minimum atomic E-state index is -0.397. The number of hydrogen-bond acceptors (Lipinski definition) is 4. The molecular formula is C17H20ClNO4. The smallest absolute Gasteiger partial charge is 0.255 e. The van der Waals surface area contributed by atoms with Crippen molar-refractivity contribution >= 4 is 22.5 Å². The highest BCUT2D eigenvalue weighted by Crippen LogP contribution is 2.30. The molecule has 2 heterocycles. The predicted molar refractivity (Wildman–Crippen MR) is 89.4 cm³/mol. The molecule has 0 unspecified atom stereocenters. The summed E-state index contributed by atoms with van der Waals surface area (Å²) >= 11 is 6.11. The fourth-order valence-electron chi connectivity index (χ4n) is 2.70. The van der Waals surface area contributed by atoms with Crippen LogP contribution in [0.25, 0.3) is 10.9 Å². The third kappa shape index (κ3) is 3.68. The van der Waals surface area contributed by atoms with Crippen molar-refractivity contribution < 1.29 is 14.2 Å². The zero-order chi connectivity index (χ0) is 16.2. The molecule has 0 aliphatic carbocycles. The molecule has 1 aliphatic heterocycles. The highest BCUT2D eigenvalue weighted by molar-refractivity contribution is 6.31. The molecule has 1 N–H and O–H groups in total. The van der Waals surface area contributed by atoms with E-state index in [4.69, 9.17) is 25.8 Å². The molecule has 0 spiro atoms. The molecule has 0 amide bonds. The van der Waals surface area contributed by atoms with Crippen molar-refractivity contribution in [3.63, 3.8) is 0 Å². The summed E-state index contributed by atoms with van der Waals surface area (Å²) in [6.07, 6.45) is 1.98. The van der Waals surface area contributed by atoms with E-state index in [0.717, 1.165) is 18.2 Å². The van der Waals surface area contributed by atoms with Crippen LogP contribution in [0.2, 0.25) is 5.02 Å². The van der Waals surface area contributed by atoms with E-state index in [1.807, 2.05) is 13.0 Å². The van der Waals surface area contributed by atoms with Gasteiger partial charge in [-0.25, -0.2) is 0 Å². The monoisotopic (exact) mass is 337 g/mol. The molecule has 0 saturated carbocycles. The second-order valence-electron chi connectivity index (χ2n) is 5.54. The van der Waals surface area contributed by atoms with Gasteiger partial charge in [-0.1, -0.05) is 24.9 Å². The molecule has 1 aromatic carbocycles. The lowest BCUT2D eigenvalue weighted by Crippen LogP contribution is -2.31. The lowest BCUT2D eigenvalue weighted by Gasteiger charge is -2.24. The summed E-state index contributed by atoms with van der Waals surface area (Å²) in [4.78, 5) is 15.2. The number of nitrogens with one attached hydrogen (secondary N) is 1. The van der Waals surface area contributed by atoms with Crippen molar-refractivity contribution in [2.45, 2.75) is 32.5 Å². The first-order valence-electron chi connectivity index (χ1n) is 7.89. The molecule has 1 aliphatic rings. The van der Waals surface area contributed by atoms with E-state index in [-0.39, 0.29) is 12.2 Å². The SMILES string of the molecule is CCCc1c(OCC2OCCCO2)c2cc(Cl)ccc2[nH]c1=O. The van der Waals surface area contributed by atoms with Gasteiger partial charge in [0.15, 0.2) is 6.29 Å². The summed E-state index contributed by atoms with van der Waals surface area (Å²) < 4.78 is 17.0. The van der Waals surface area contributed by atoms with Crippen LogP contribution < -0.4 is 10.3 Å². The zero-order valence-electron chi connectivity index (χ0n) is 13.1. The van der Waals surface area contributed by atoms with Crippen molar-refractivity contribution in [3.8, 4) is 5.75 Å². The minimum absolute atomic E-state index is 0.123. The average molecular weight is 338 g/mol. The van der Waals surface area contributed by atoms with Crippen molar-refractivity contribution in [3.05, 3.63) is 39.1 Å². The molecule has 0 atom stereocenters. The Labute approximate surface area is 139 Å². The molecule has 6 heteroatoms. The molecule has 1 saturated heterocycles. The Hall–Kier alpha value is -1.56. The van der Waals surface area contributed by atoms with E-state index in [1.165, 1.54) is 0 Å². The van der Waals surface area contributed by atoms with Gasteiger partial charge in [0.05, 0.1) is 24.3 Å². The van der Waals surface area contributed by atoms with Gasteiger partial charge in [-0.2, -0.15) is 0 Å². The van der Waals surface area contributed by atoms with E-state index >= 15 is 0 Å². The third-order valence-electron chi connectivity index (χ3n) is 3.78. The lowest BCUT2D eigenvalue weighted by molar-refractivity contribution is -0.191. The molecule has 124 valence electrons. The fraction of sp³-hybridized carbons (Fsp3) is 0.471. The van der Waals surface area contributed by atoms with Gasteiger partial charge in [-0.15, -0.1) is 0 Å².